The molecule has 2 heterocycles. The molecule has 0 saturated heterocycles. The lowest BCUT2D eigenvalue weighted by atomic mass is 10.1. The highest BCUT2D eigenvalue weighted by Crippen LogP contribution is 2.24. The van der Waals surface area contributed by atoms with Crippen LogP contribution in [-0.4, -0.2) is 4.98 Å². The smallest absolute Gasteiger partial charge is 0.263 e. The minimum atomic E-state index is 0.375. The molecule has 21 heavy (non-hydrogen) atoms. The second-order valence-electron chi connectivity index (χ2n) is 5.06. The van der Waals surface area contributed by atoms with Crippen LogP contribution < -0.4 is 4.74 Å². The molecule has 2 aromatic heterocycles. The van der Waals surface area contributed by atoms with Crippen molar-refractivity contribution in [2.45, 2.75) is 27.4 Å². The number of ether oxygens (including phenoxy) is 1. The number of hydrogen-bond acceptors (Lipinski definition) is 4. The van der Waals surface area contributed by atoms with Gasteiger partial charge in [0.25, 0.3) is 5.89 Å². The number of benzene rings is 1. The summed E-state index contributed by atoms with van der Waals surface area (Å²) in [7, 11) is 0. The molecule has 0 atom stereocenters. The fourth-order valence-corrected chi connectivity index (χ4v) is 2.08. The highest BCUT2D eigenvalue weighted by molar-refractivity contribution is 5.44. The molecule has 3 rings (SSSR count). The van der Waals surface area contributed by atoms with Gasteiger partial charge in [-0.15, -0.1) is 0 Å². The first-order valence-electron chi connectivity index (χ1n) is 6.84. The molecule has 1 aromatic carbocycles. The van der Waals surface area contributed by atoms with Gasteiger partial charge in [-0.05, 0) is 50.1 Å². The Labute approximate surface area is 123 Å². The first-order chi connectivity index (χ1) is 10.1. The molecule has 0 saturated carbocycles. The van der Waals surface area contributed by atoms with Crippen molar-refractivity contribution in [3.8, 4) is 17.4 Å². The van der Waals surface area contributed by atoms with Crippen molar-refractivity contribution >= 4 is 0 Å². The van der Waals surface area contributed by atoms with Crippen LogP contribution in [0.1, 0.15) is 22.6 Å². The van der Waals surface area contributed by atoms with Gasteiger partial charge < -0.3 is 13.6 Å². The van der Waals surface area contributed by atoms with Gasteiger partial charge in [-0.3, -0.25) is 0 Å². The van der Waals surface area contributed by atoms with Crippen molar-refractivity contribution in [3.05, 3.63) is 59.2 Å². The van der Waals surface area contributed by atoms with Crippen molar-refractivity contribution in [1.29, 1.82) is 0 Å². The number of aryl methyl sites for hydroxylation is 3. The van der Waals surface area contributed by atoms with Crippen LogP contribution >= 0.6 is 0 Å². The quantitative estimate of drug-likeness (QED) is 0.710. The first-order valence-corrected chi connectivity index (χ1v) is 6.84. The molecule has 4 heteroatoms. The molecule has 0 radical (unpaired) electrons. The summed E-state index contributed by atoms with van der Waals surface area (Å²) in [6.07, 6.45) is 1.60. The molecule has 0 fully saturated rings. The topological polar surface area (TPSA) is 48.4 Å². The fourth-order valence-electron chi connectivity index (χ4n) is 2.08. The van der Waals surface area contributed by atoms with Crippen molar-refractivity contribution in [2.24, 2.45) is 0 Å². The van der Waals surface area contributed by atoms with Gasteiger partial charge in [0.15, 0.2) is 5.76 Å². The Morgan fingerprint density at radius 1 is 1.14 bits per heavy atom. The zero-order valence-electron chi connectivity index (χ0n) is 12.3. The SMILES string of the molecule is Cc1ccc(C)c(OCc2nc(-c3ccco3)oc2C)c1. The van der Waals surface area contributed by atoms with E-state index in [4.69, 9.17) is 13.6 Å². The predicted molar refractivity (Wildman–Crippen MR) is 79.2 cm³/mol. The van der Waals surface area contributed by atoms with E-state index >= 15 is 0 Å². The van der Waals surface area contributed by atoms with E-state index in [-0.39, 0.29) is 0 Å². The zero-order valence-corrected chi connectivity index (χ0v) is 12.3. The van der Waals surface area contributed by atoms with Crippen molar-refractivity contribution in [2.75, 3.05) is 0 Å². The van der Waals surface area contributed by atoms with E-state index in [9.17, 15) is 0 Å². The van der Waals surface area contributed by atoms with Crippen LogP contribution in [-0.2, 0) is 6.61 Å². The van der Waals surface area contributed by atoms with Crippen LogP contribution in [0.2, 0.25) is 0 Å². The van der Waals surface area contributed by atoms with E-state index in [1.54, 1.807) is 12.3 Å². The summed E-state index contributed by atoms with van der Waals surface area (Å²) in [4.78, 5) is 4.43. The number of oxazole rings is 1. The van der Waals surface area contributed by atoms with Gasteiger partial charge >= 0.3 is 0 Å². The van der Waals surface area contributed by atoms with Crippen molar-refractivity contribution in [1.82, 2.24) is 4.98 Å². The van der Waals surface area contributed by atoms with E-state index in [0.29, 0.717) is 18.3 Å². The van der Waals surface area contributed by atoms with Crippen LogP contribution in [0.5, 0.6) is 5.75 Å². The third-order valence-electron chi connectivity index (χ3n) is 3.33. The standard InChI is InChI=1S/C17H17NO3/c1-11-6-7-12(2)16(9-11)20-10-14-13(3)21-17(18-14)15-5-4-8-19-15/h4-9H,10H2,1-3H3. The second kappa shape index (κ2) is 5.48. The summed E-state index contributed by atoms with van der Waals surface area (Å²) in [6, 6.07) is 9.77. The van der Waals surface area contributed by atoms with Crippen LogP contribution in [0.4, 0.5) is 0 Å². The van der Waals surface area contributed by atoms with Gasteiger partial charge in [0, 0.05) is 0 Å². The van der Waals surface area contributed by atoms with Gasteiger partial charge in [-0.1, -0.05) is 12.1 Å². The van der Waals surface area contributed by atoms with E-state index in [0.717, 1.165) is 22.8 Å². The Morgan fingerprint density at radius 2 is 2.00 bits per heavy atom. The predicted octanol–water partition coefficient (Wildman–Crippen LogP) is 4.44. The normalized spacial score (nSPS) is 10.8. The zero-order chi connectivity index (χ0) is 14.8. The molecular weight excluding hydrogens is 266 g/mol. The molecule has 0 N–H and O–H groups in total. The van der Waals surface area contributed by atoms with Gasteiger partial charge in [-0.25, -0.2) is 4.98 Å². The molecule has 0 amide bonds. The first kappa shape index (κ1) is 13.5. The van der Waals surface area contributed by atoms with Crippen molar-refractivity contribution < 1.29 is 13.6 Å². The van der Waals surface area contributed by atoms with Crippen LogP contribution in [0.15, 0.2) is 45.4 Å². The molecule has 0 aliphatic heterocycles. The highest BCUT2D eigenvalue weighted by atomic mass is 16.5. The minimum Gasteiger partial charge on any atom is -0.487 e. The van der Waals surface area contributed by atoms with Crippen LogP contribution in [0, 0.1) is 20.8 Å². The molecule has 0 bridgehead atoms. The molecule has 4 nitrogen and oxygen atoms in total. The maximum atomic E-state index is 5.86. The molecule has 108 valence electrons. The maximum Gasteiger partial charge on any atom is 0.263 e. The van der Waals surface area contributed by atoms with E-state index in [1.807, 2.05) is 32.9 Å². The summed E-state index contributed by atoms with van der Waals surface area (Å²) in [5.41, 5.74) is 3.05. The second-order valence-corrected chi connectivity index (χ2v) is 5.06. The van der Waals surface area contributed by atoms with Crippen LogP contribution in [0.25, 0.3) is 11.7 Å². The highest BCUT2D eigenvalue weighted by Gasteiger charge is 2.14. The Bertz CT molecular complexity index is 741. The van der Waals surface area contributed by atoms with Gasteiger partial charge in [0.2, 0.25) is 0 Å². The monoisotopic (exact) mass is 283 g/mol. The lowest BCUT2D eigenvalue weighted by molar-refractivity contribution is 0.297. The number of hydrogen-bond donors (Lipinski definition) is 0. The molecular formula is C17H17NO3. The summed E-state index contributed by atoms with van der Waals surface area (Å²) in [5.74, 6) is 2.72. The molecule has 0 spiro atoms. The summed E-state index contributed by atoms with van der Waals surface area (Å²) < 4.78 is 16.8. The number of aromatic nitrogens is 1. The Morgan fingerprint density at radius 3 is 2.76 bits per heavy atom. The van der Waals surface area contributed by atoms with Crippen LogP contribution in [0.3, 0.4) is 0 Å². The third kappa shape index (κ3) is 2.84. The summed E-state index contributed by atoms with van der Waals surface area (Å²) in [6.45, 7) is 6.32. The number of rotatable bonds is 4. The molecule has 0 unspecified atom stereocenters. The average molecular weight is 283 g/mol. The fraction of sp³-hybridized carbons (Fsp3) is 0.235. The summed E-state index contributed by atoms with van der Waals surface area (Å²) >= 11 is 0. The van der Waals surface area contributed by atoms with E-state index < -0.39 is 0 Å². The van der Waals surface area contributed by atoms with Crippen molar-refractivity contribution in [3.63, 3.8) is 0 Å². The molecule has 0 aliphatic carbocycles. The maximum absolute atomic E-state index is 5.86. The van der Waals surface area contributed by atoms with Gasteiger partial charge in [0.05, 0.1) is 6.26 Å². The Hall–Kier alpha value is -2.49. The van der Waals surface area contributed by atoms with E-state index in [1.165, 1.54) is 5.56 Å². The largest absolute Gasteiger partial charge is 0.487 e. The Balaban J connectivity index is 1.78. The Kier molecular flexibility index (Phi) is 3.52. The summed E-state index contributed by atoms with van der Waals surface area (Å²) in [5, 5.41) is 0. The lowest BCUT2D eigenvalue weighted by Crippen LogP contribution is -1.99. The van der Waals surface area contributed by atoms with Gasteiger partial charge in [-0.2, -0.15) is 0 Å². The third-order valence-corrected chi connectivity index (χ3v) is 3.33. The van der Waals surface area contributed by atoms with Gasteiger partial charge in [0.1, 0.15) is 23.8 Å². The van der Waals surface area contributed by atoms with E-state index in [2.05, 4.69) is 17.1 Å². The molecule has 3 aromatic rings. The number of nitrogens with zero attached hydrogens (tertiary/aromatic N) is 1. The minimum absolute atomic E-state index is 0.375. The number of furan rings is 1. The lowest BCUT2D eigenvalue weighted by Gasteiger charge is -2.08. The molecule has 0 aliphatic rings. The average Bonchev–Trinajstić information content (AvgIpc) is 3.09.